The van der Waals surface area contributed by atoms with Gasteiger partial charge in [-0.2, -0.15) is 13.2 Å². The molecule has 1 amide bonds. The van der Waals surface area contributed by atoms with Gasteiger partial charge >= 0.3 is 6.18 Å². The second kappa shape index (κ2) is 6.34. The predicted molar refractivity (Wildman–Crippen MR) is 61.1 cm³/mol. The highest BCUT2D eigenvalue weighted by atomic mass is 19.4. The van der Waals surface area contributed by atoms with E-state index >= 15 is 0 Å². The normalized spacial score (nSPS) is 11.2. The average molecular weight is 278 g/mol. The molecule has 0 saturated heterocycles. The summed E-state index contributed by atoms with van der Waals surface area (Å²) in [5.41, 5.74) is 2.21. The average Bonchev–Trinajstić information content (AvgIpc) is 2.36. The van der Waals surface area contributed by atoms with Crippen LogP contribution >= 0.6 is 0 Å². The van der Waals surface area contributed by atoms with Crippen molar-refractivity contribution in [2.24, 2.45) is 5.84 Å². The summed E-state index contributed by atoms with van der Waals surface area (Å²) >= 11 is 0. The van der Waals surface area contributed by atoms with Gasteiger partial charge in [0.25, 0.3) is 5.91 Å². The SMILES string of the molecule is NNc1ccc(C(=O)N(CCO)CC(F)(F)F)cn1. The maximum atomic E-state index is 12.3. The third-order valence-electron chi connectivity index (χ3n) is 2.19. The lowest BCUT2D eigenvalue weighted by Gasteiger charge is -2.23. The summed E-state index contributed by atoms with van der Waals surface area (Å²) in [4.78, 5) is 16.1. The molecule has 0 bridgehead atoms. The second-order valence-electron chi connectivity index (χ2n) is 3.64. The Labute approximate surface area is 107 Å². The number of carbonyl (C=O) groups is 1. The Hall–Kier alpha value is -1.87. The van der Waals surface area contributed by atoms with E-state index in [2.05, 4.69) is 10.4 Å². The number of hydrogen-bond acceptors (Lipinski definition) is 5. The third kappa shape index (κ3) is 4.72. The largest absolute Gasteiger partial charge is 0.406 e. The summed E-state index contributed by atoms with van der Waals surface area (Å²) in [6, 6.07) is 2.66. The number of anilines is 1. The number of hydrazine groups is 1. The predicted octanol–water partition coefficient (Wildman–Crippen LogP) is 0.364. The number of aliphatic hydroxyl groups is 1. The van der Waals surface area contributed by atoms with E-state index in [0.29, 0.717) is 4.90 Å². The first-order chi connectivity index (χ1) is 8.87. The molecule has 6 nitrogen and oxygen atoms in total. The van der Waals surface area contributed by atoms with Gasteiger partial charge in [0, 0.05) is 12.7 Å². The number of nitrogen functional groups attached to an aromatic ring is 1. The number of carbonyl (C=O) groups excluding carboxylic acids is 1. The van der Waals surface area contributed by atoms with Gasteiger partial charge in [-0.25, -0.2) is 10.8 Å². The number of aromatic nitrogens is 1. The Morgan fingerprint density at radius 2 is 2.16 bits per heavy atom. The fourth-order valence-electron chi connectivity index (χ4n) is 1.38. The first-order valence-corrected chi connectivity index (χ1v) is 5.27. The summed E-state index contributed by atoms with van der Waals surface area (Å²) in [7, 11) is 0. The van der Waals surface area contributed by atoms with Gasteiger partial charge < -0.3 is 15.4 Å². The molecule has 0 aliphatic rings. The summed E-state index contributed by atoms with van der Waals surface area (Å²) in [6.07, 6.45) is -3.42. The van der Waals surface area contributed by atoms with Crippen molar-refractivity contribution < 1.29 is 23.1 Å². The number of hydrogen-bond donors (Lipinski definition) is 3. The van der Waals surface area contributed by atoms with Crippen LogP contribution in [0, 0.1) is 0 Å². The van der Waals surface area contributed by atoms with Crippen LogP contribution in [0.2, 0.25) is 0 Å². The number of rotatable bonds is 5. The van der Waals surface area contributed by atoms with E-state index in [1.165, 1.54) is 12.1 Å². The first kappa shape index (κ1) is 15.2. The van der Waals surface area contributed by atoms with Crippen molar-refractivity contribution in [1.82, 2.24) is 9.88 Å². The van der Waals surface area contributed by atoms with E-state index < -0.39 is 31.8 Å². The van der Waals surface area contributed by atoms with Crippen molar-refractivity contribution in [3.63, 3.8) is 0 Å². The number of amides is 1. The van der Waals surface area contributed by atoms with Gasteiger partial charge in [-0.15, -0.1) is 0 Å². The van der Waals surface area contributed by atoms with Crippen LogP contribution in [-0.4, -0.2) is 46.8 Å². The Balaban J connectivity index is 2.85. The molecule has 1 aromatic rings. The van der Waals surface area contributed by atoms with Crippen LogP contribution in [0.5, 0.6) is 0 Å². The van der Waals surface area contributed by atoms with Crippen LogP contribution in [0.15, 0.2) is 18.3 Å². The van der Waals surface area contributed by atoms with Crippen molar-refractivity contribution in [3.8, 4) is 0 Å². The molecular formula is C10H13F3N4O2. The molecule has 0 radical (unpaired) electrons. The Bertz CT molecular complexity index is 422. The summed E-state index contributed by atoms with van der Waals surface area (Å²) in [5, 5.41) is 8.71. The Morgan fingerprint density at radius 3 is 2.58 bits per heavy atom. The zero-order chi connectivity index (χ0) is 14.5. The first-order valence-electron chi connectivity index (χ1n) is 5.27. The van der Waals surface area contributed by atoms with Crippen molar-refractivity contribution in [2.75, 3.05) is 25.1 Å². The van der Waals surface area contributed by atoms with Gasteiger partial charge in [0.15, 0.2) is 0 Å². The molecule has 1 rings (SSSR count). The molecule has 1 heterocycles. The minimum Gasteiger partial charge on any atom is -0.395 e. The van der Waals surface area contributed by atoms with Crippen molar-refractivity contribution in [2.45, 2.75) is 6.18 Å². The van der Waals surface area contributed by atoms with E-state index in [-0.39, 0.29) is 11.4 Å². The van der Waals surface area contributed by atoms with Gasteiger partial charge in [0.2, 0.25) is 0 Å². The van der Waals surface area contributed by atoms with Crippen molar-refractivity contribution in [1.29, 1.82) is 0 Å². The molecule has 106 valence electrons. The molecule has 0 fully saturated rings. The number of alkyl halides is 3. The second-order valence-corrected chi connectivity index (χ2v) is 3.64. The number of nitrogens with one attached hydrogen (secondary N) is 1. The van der Waals surface area contributed by atoms with Crippen LogP contribution in [0.3, 0.4) is 0 Å². The Morgan fingerprint density at radius 1 is 1.47 bits per heavy atom. The molecular weight excluding hydrogens is 265 g/mol. The standard InChI is InChI=1S/C10H13F3N4O2/c11-10(12,13)6-17(3-4-18)9(19)7-1-2-8(16-14)15-5-7/h1-2,5,18H,3-4,6,14H2,(H,15,16). The highest BCUT2D eigenvalue weighted by Gasteiger charge is 2.33. The van der Waals surface area contributed by atoms with Crippen LogP contribution < -0.4 is 11.3 Å². The van der Waals surface area contributed by atoms with Crippen LogP contribution in [-0.2, 0) is 0 Å². The maximum Gasteiger partial charge on any atom is 0.406 e. The number of pyridine rings is 1. The van der Waals surface area contributed by atoms with Crippen molar-refractivity contribution in [3.05, 3.63) is 23.9 Å². The van der Waals surface area contributed by atoms with Gasteiger partial charge in [-0.05, 0) is 12.1 Å². The molecule has 19 heavy (non-hydrogen) atoms. The van der Waals surface area contributed by atoms with Gasteiger partial charge in [-0.1, -0.05) is 0 Å². The monoisotopic (exact) mass is 278 g/mol. The van der Waals surface area contributed by atoms with E-state index in [0.717, 1.165) is 6.20 Å². The summed E-state index contributed by atoms with van der Waals surface area (Å²) in [6.45, 7) is -2.39. The van der Waals surface area contributed by atoms with Gasteiger partial charge in [-0.3, -0.25) is 4.79 Å². The van der Waals surface area contributed by atoms with E-state index in [4.69, 9.17) is 10.9 Å². The molecule has 0 atom stereocenters. The van der Waals surface area contributed by atoms with Crippen LogP contribution in [0.25, 0.3) is 0 Å². The molecule has 4 N–H and O–H groups in total. The topological polar surface area (TPSA) is 91.5 Å². The van der Waals surface area contributed by atoms with E-state index in [1.807, 2.05) is 0 Å². The fourth-order valence-corrected chi connectivity index (χ4v) is 1.38. The van der Waals surface area contributed by atoms with Gasteiger partial charge in [0.1, 0.15) is 12.4 Å². The molecule has 0 saturated carbocycles. The molecule has 0 aromatic carbocycles. The minimum atomic E-state index is -4.53. The molecule has 0 aliphatic carbocycles. The molecule has 9 heteroatoms. The number of nitrogens with zero attached hydrogens (tertiary/aromatic N) is 2. The zero-order valence-electron chi connectivity index (χ0n) is 9.81. The van der Waals surface area contributed by atoms with Gasteiger partial charge in [0.05, 0.1) is 12.2 Å². The number of nitrogens with two attached hydrogens (primary N) is 1. The Kier molecular flexibility index (Phi) is 5.07. The quantitative estimate of drug-likeness (QED) is 0.534. The minimum absolute atomic E-state index is 0.0169. The summed E-state index contributed by atoms with van der Waals surface area (Å²) < 4.78 is 36.9. The zero-order valence-corrected chi connectivity index (χ0v) is 9.81. The van der Waals surface area contributed by atoms with Crippen LogP contribution in [0.1, 0.15) is 10.4 Å². The lowest BCUT2D eigenvalue weighted by atomic mass is 10.2. The number of aliphatic hydroxyl groups excluding tert-OH is 1. The third-order valence-corrected chi connectivity index (χ3v) is 2.19. The molecule has 1 aromatic heterocycles. The van der Waals surface area contributed by atoms with Crippen molar-refractivity contribution >= 4 is 11.7 Å². The number of halogens is 3. The fraction of sp³-hybridized carbons (Fsp3) is 0.400. The molecule has 0 unspecified atom stereocenters. The molecule has 0 aliphatic heterocycles. The smallest absolute Gasteiger partial charge is 0.395 e. The lowest BCUT2D eigenvalue weighted by molar-refractivity contribution is -0.141. The highest BCUT2D eigenvalue weighted by Crippen LogP contribution is 2.18. The lowest BCUT2D eigenvalue weighted by Crippen LogP contribution is -2.40. The maximum absolute atomic E-state index is 12.3. The van der Waals surface area contributed by atoms with E-state index in [9.17, 15) is 18.0 Å². The van der Waals surface area contributed by atoms with E-state index in [1.54, 1.807) is 0 Å². The molecule has 0 spiro atoms. The highest BCUT2D eigenvalue weighted by molar-refractivity contribution is 5.94. The summed E-state index contributed by atoms with van der Waals surface area (Å²) in [5.74, 6) is 4.50. The van der Waals surface area contributed by atoms with Crippen LogP contribution in [0.4, 0.5) is 19.0 Å².